The molecule has 2 heterocycles. The number of nitrogens with zero attached hydrogens (tertiary/aromatic N) is 3. The highest BCUT2D eigenvalue weighted by atomic mass is 16.2. The number of piperazine rings is 1. The minimum absolute atomic E-state index is 0.126. The van der Waals surface area contributed by atoms with Crippen LogP contribution in [0.15, 0.2) is 18.2 Å². The van der Waals surface area contributed by atoms with Crippen LogP contribution in [0.4, 0.5) is 5.69 Å². The van der Waals surface area contributed by atoms with E-state index < -0.39 is 0 Å². The lowest BCUT2D eigenvalue weighted by molar-refractivity contribution is 0.0738. The number of carbonyl (C=O) groups is 1. The topological polar surface area (TPSA) is 52.8 Å². The number of rotatable bonds is 3. The summed E-state index contributed by atoms with van der Waals surface area (Å²) in [5.41, 5.74) is 8.30. The minimum atomic E-state index is 0.126. The lowest BCUT2D eigenvalue weighted by Gasteiger charge is -2.33. The summed E-state index contributed by atoms with van der Waals surface area (Å²) in [6.45, 7) is 6.91. The Bertz CT molecular complexity index is 509. The summed E-state index contributed by atoms with van der Waals surface area (Å²) >= 11 is 0. The van der Waals surface area contributed by atoms with Gasteiger partial charge in [0.15, 0.2) is 0 Å². The summed E-state index contributed by atoms with van der Waals surface area (Å²) in [6, 6.07) is 5.64. The van der Waals surface area contributed by atoms with Crippen molar-refractivity contribution in [3.63, 3.8) is 0 Å². The second kappa shape index (κ2) is 5.42. The van der Waals surface area contributed by atoms with Gasteiger partial charge in [-0.25, -0.2) is 0 Å². The number of nitrogen functional groups attached to an aromatic ring is 1. The molecule has 1 fully saturated rings. The van der Waals surface area contributed by atoms with E-state index >= 15 is 0 Å². The number of hydrogen-bond donors (Lipinski definition) is 1. The highest BCUT2D eigenvalue weighted by Gasteiger charge is 2.27. The number of fused-ring (bicyclic) bond motifs is 1. The molecule has 0 atom stereocenters. The summed E-state index contributed by atoms with van der Waals surface area (Å²) in [7, 11) is 2.16. The van der Waals surface area contributed by atoms with Crippen LogP contribution >= 0.6 is 0 Å². The van der Waals surface area contributed by atoms with Crippen molar-refractivity contribution in [2.45, 2.75) is 6.54 Å². The normalized spacial score (nSPS) is 20.4. The van der Waals surface area contributed by atoms with Crippen LogP contribution in [0.3, 0.4) is 0 Å². The zero-order valence-electron chi connectivity index (χ0n) is 12.0. The quantitative estimate of drug-likeness (QED) is 0.814. The monoisotopic (exact) mass is 274 g/mol. The van der Waals surface area contributed by atoms with Gasteiger partial charge in [-0.1, -0.05) is 6.07 Å². The molecule has 3 rings (SSSR count). The van der Waals surface area contributed by atoms with Gasteiger partial charge in [0.25, 0.3) is 5.91 Å². The molecule has 1 saturated heterocycles. The molecule has 0 saturated carbocycles. The molecule has 0 aromatic heterocycles. The second-order valence-corrected chi connectivity index (χ2v) is 5.79. The van der Waals surface area contributed by atoms with Gasteiger partial charge in [0, 0.05) is 57.1 Å². The largest absolute Gasteiger partial charge is 0.399 e. The molecule has 1 aromatic rings. The molecule has 108 valence electrons. The molecule has 0 spiro atoms. The van der Waals surface area contributed by atoms with Crippen LogP contribution in [0, 0.1) is 0 Å². The Kier molecular flexibility index (Phi) is 3.63. The van der Waals surface area contributed by atoms with Gasteiger partial charge in [-0.15, -0.1) is 0 Å². The van der Waals surface area contributed by atoms with Crippen LogP contribution in [0.1, 0.15) is 15.9 Å². The maximum absolute atomic E-state index is 12.3. The second-order valence-electron chi connectivity index (χ2n) is 5.79. The molecule has 0 aliphatic carbocycles. The van der Waals surface area contributed by atoms with E-state index in [4.69, 9.17) is 5.73 Å². The van der Waals surface area contributed by atoms with Crippen molar-refractivity contribution in [1.82, 2.24) is 14.7 Å². The van der Waals surface area contributed by atoms with E-state index in [1.807, 2.05) is 17.0 Å². The van der Waals surface area contributed by atoms with E-state index in [1.165, 1.54) is 0 Å². The van der Waals surface area contributed by atoms with Crippen molar-refractivity contribution < 1.29 is 4.79 Å². The molecular formula is C15H22N4O. The summed E-state index contributed by atoms with van der Waals surface area (Å²) in [6.07, 6.45) is 0. The van der Waals surface area contributed by atoms with E-state index in [9.17, 15) is 4.79 Å². The van der Waals surface area contributed by atoms with E-state index in [-0.39, 0.29) is 5.91 Å². The SMILES string of the molecule is CN1CCN(CCN2Cc3ccc(N)cc3C2=O)CC1. The lowest BCUT2D eigenvalue weighted by Crippen LogP contribution is -2.47. The Hall–Kier alpha value is -1.59. The van der Waals surface area contributed by atoms with E-state index in [0.717, 1.165) is 56.9 Å². The van der Waals surface area contributed by atoms with Crippen LogP contribution in [0.25, 0.3) is 0 Å². The van der Waals surface area contributed by atoms with Crippen LogP contribution in [-0.2, 0) is 6.54 Å². The van der Waals surface area contributed by atoms with Crippen molar-refractivity contribution in [3.8, 4) is 0 Å². The average Bonchev–Trinajstić information content (AvgIpc) is 2.75. The zero-order valence-corrected chi connectivity index (χ0v) is 12.0. The van der Waals surface area contributed by atoms with Gasteiger partial charge < -0.3 is 15.5 Å². The molecular weight excluding hydrogens is 252 g/mol. The molecule has 2 aliphatic heterocycles. The van der Waals surface area contributed by atoms with Crippen LogP contribution < -0.4 is 5.73 Å². The van der Waals surface area contributed by atoms with Crippen molar-refractivity contribution in [2.75, 3.05) is 52.0 Å². The number of likely N-dealkylation sites (N-methyl/N-ethyl adjacent to an activating group) is 1. The fourth-order valence-corrected chi connectivity index (χ4v) is 2.89. The third kappa shape index (κ3) is 2.64. The Labute approximate surface area is 119 Å². The van der Waals surface area contributed by atoms with Gasteiger partial charge in [-0.05, 0) is 24.7 Å². The Morgan fingerprint density at radius 1 is 1.15 bits per heavy atom. The van der Waals surface area contributed by atoms with Crippen molar-refractivity contribution in [1.29, 1.82) is 0 Å². The van der Waals surface area contributed by atoms with Gasteiger partial charge in [-0.2, -0.15) is 0 Å². The predicted molar refractivity (Wildman–Crippen MR) is 79.5 cm³/mol. The highest BCUT2D eigenvalue weighted by Crippen LogP contribution is 2.24. The predicted octanol–water partition coefficient (Wildman–Crippen LogP) is 0.472. The van der Waals surface area contributed by atoms with Gasteiger partial charge in [-0.3, -0.25) is 9.69 Å². The highest BCUT2D eigenvalue weighted by molar-refractivity contribution is 5.99. The summed E-state index contributed by atoms with van der Waals surface area (Å²) < 4.78 is 0. The molecule has 1 amide bonds. The number of nitrogens with two attached hydrogens (primary N) is 1. The summed E-state index contributed by atoms with van der Waals surface area (Å²) in [4.78, 5) is 19.0. The summed E-state index contributed by atoms with van der Waals surface area (Å²) in [5.74, 6) is 0.126. The van der Waals surface area contributed by atoms with Crippen LogP contribution in [0.2, 0.25) is 0 Å². The third-order valence-corrected chi connectivity index (χ3v) is 4.29. The third-order valence-electron chi connectivity index (χ3n) is 4.29. The fourth-order valence-electron chi connectivity index (χ4n) is 2.89. The number of hydrogen-bond acceptors (Lipinski definition) is 4. The van der Waals surface area contributed by atoms with E-state index in [2.05, 4.69) is 16.8 Å². The number of anilines is 1. The maximum Gasteiger partial charge on any atom is 0.254 e. The van der Waals surface area contributed by atoms with Crippen molar-refractivity contribution >= 4 is 11.6 Å². The minimum Gasteiger partial charge on any atom is -0.399 e. The summed E-state index contributed by atoms with van der Waals surface area (Å²) in [5, 5.41) is 0. The molecule has 0 radical (unpaired) electrons. The Balaban J connectivity index is 1.57. The molecule has 2 aliphatic rings. The number of benzene rings is 1. The van der Waals surface area contributed by atoms with Crippen LogP contribution in [-0.4, -0.2) is 66.9 Å². The molecule has 20 heavy (non-hydrogen) atoms. The molecule has 2 N–H and O–H groups in total. The maximum atomic E-state index is 12.3. The fraction of sp³-hybridized carbons (Fsp3) is 0.533. The van der Waals surface area contributed by atoms with Gasteiger partial charge >= 0.3 is 0 Å². The Morgan fingerprint density at radius 3 is 2.65 bits per heavy atom. The molecule has 5 heteroatoms. The first-order valence-corrected chi connectivity index (χ1v) is 7.22. The van der Waals surface area contributed by atoms with Gasteiger partial charge in [0.2, 0.25) is 0 Å². The first kappa shape index (κ1) is 13.4. The molecule has 5 nitrogen and oxygen atoms in total. The zero-order chi connectivity index (χ0) is 14.1. The first-order valence-electron chi connectivity index (χ1n) is 7.22. The van der Waals surface area contributed by atoms with E-state index in [1.54, 1.807) is 6.07 Å². The Morgan fingerprint density at radius 2 is 1.90 bits per heavy atom. The first-order chi connectivity index (χ1) is 9.63. The standard InChI is InChI=1S/C15H22N4O/c1-17-4-6-18(7-5-17)8-9-19-11-12-2-3-13(16)10-14(12)15(19)20/h2-3,10H,4-9,11,16H2,1H3. The van der Waals surface area contributed by atoms with Gasteiger partial charge in [0.05, 0.1) is 0 Å². The van der Waals surface area contributed by atoms with Crippen LogP contribution in [0.5, 0.6) is 0 Å². The number of carbonyl (C=O) groups excluding carboxylic acids is 1. The average molecular weight is 274 g/mol. The number of amides is 1. The smallest absolute Gasteiger partial charge is 0.254 e. The molecule has 1 aromatic carbocycles. The van der Waals surface area contributed by atoms with Gasteiger partial charge in [0.1, 0.15) is 0 Å². The lowest BCUT2D eigenvalue weighted by atomic mass is 10.1. The molecule has 0 unspecified atom stereocenters. The molecule has 0 bridgehead atoms. The van der Waals surface area contributed by atoms with Crippen molar-refractivity contribution in [2.24, 2.45) is 0 Å². The van der Waals surface area contributed by atoms with Crippen molar-refractivity contribution in [3.05, 3.63) is 29.3 Å². The van der Waals surface area contributed by atoms with E-state index in [0.29, 0.717) is 5.69 Å².